The minimum atomic E-state index is -0.937. The maximum atomic E-state index is 12.2. The molecule has 84 valence electrons. The molecule has 5 heteroatoms. The summed E-state index contributed by atoms with van der Waals surface area (Å²) in [5.74, 6) is 1.54. The Labute approximate surface area is 107 Å². The topological polar surface area (TPSA) is 34.1 Å². The average Bonchev–Trinajstić information content (AvgIpc) is 2.79. The molecule has 0 N–H and O–H groups in total. The van der Waals surface area contributed by atoms with Crippen LogP contribution >= 0.6 is 35.1 Å². The van der Waals surface area contributed by atoms with Crippen LogP contribution in [0.2, 0.25) is 5.02 Å². The van der Waals surface area contributed by atoms with Crippen molar-refractivity contribution in [3.63, 3.8) is 0 Å². The second-order valence-corrected chi connectivity index (χ2v) is 6.69. The third-order valence-electron chi connectivity index (χ3n) is 2.29. The molecule has 0 aliphatic carbocycles. The molecule has 1 aromatic rings. The van der Waals surface area contributed by atoms with E-state index in [2.05, 4.69) is 0 Å². The lowest BCUT2D eigenvalue weighted by molar-refractivity contribution is -0.107. The maximum absolute atomic E-state index is 12.2. The highest BCUT2D eigenvalue weighted by Crippen LogP contribution is 2.44. The Bertz CT molecular complexity index is 410. The van der Waals surface area contributed by atoms with Gasteiger partial charge in [0.15, 0.2) is 16.1 Å². The van der Waals surface area contributed by atoms with Crippen LogP contribution in [0.4, 0.5) is 0 Å². The summed E-state index contributed by atoms with van der Waals surface area (Å²) in [6.45, 7) is 0. The van der Waals surface area contributed by atoms with E-state index in [1.807, 2.05) is 0 Å². The van der Waals surface area contributed by atoms with Crippen molar-refractivity contribution in [2.24, 2.45) is 0 Å². The van der Waals surface area contributed by atoms with Crippen LogP contribution in [-0.4, -0.2) is 27.7 Å². The van der Waals surface area contributed by atoms with Gasteiger partial charge in [-0.2, -0.15) is 0 Å². The lowest BCUT2D eigenvalue weighted by atomic mass is 10.1. The van der Waals surface area contributed by atoms with E-state index in [1.54, 1.807) is 24.3 Å². The fourth-order valence-electron chi connectivity index (χ4n) is 1.48. The molecular formula is C11H9ClO2S2. The number of carbonyl (C=O) groups excluding carboxylic acids is 2. The lowest BCUT2D eigenvalue weighted by Gasteiger charge is -2.18. The van der Waals surface area contributed by atoms with Gasteiger partial charge in [-0.1, -0.05) is 11.6 Å². The first-order chi connectivity index (χ1) is 7.68. The summed E-state index contributed by atoms with van der Waals surface area (Å²) in [6, 6.07) is 6.65. The van der Waals surface area contributed by atoms with Crippen LogP contribution in [0.3, 0.4) is 0 Å². The van der Waals surface area contributed by atoms with E-state index in [4.69, 9.17) is 11.6 Å². The van der Waals surface area contributed by atoms with Crippen LogP contribution in [0.1, 0.15) is 10.4 Å². The monoisotopic (exact) mass is 272 g/mol. The molecule has 0 unspecified atom stereocenters. The zero-order chi connectivity index (χ0) is 11.6. The molecule has 0 bridgehead atoms. The van der Waals surface area contributed by atoms with Gasteiger partial charge < -0.3 is 4.79 Å². The summed E-state index contributed by atoms with van der Waals surface area (Å²) in [7, 11) is 0. The number of aldehydes is 1. The van der Waals surface area contributed by atoms with Crippen molar-refractivity contribution in [2.75, 3.05) is 11.5 Å². The fourth-order valence-corrected chi connectivity index (χ4v) is 4.35. The summed E-state index contributed by atoms with van der Waals surface area (Å²) in [4.78, 5) is 23.3. The molecule has 1 fully saturated rings. The first-order valence-electron chi connectivity index (χ1n) is 4.72. The Morgan fingerprint density at radius 1 is 1.25 bits per heavy atom. The summed E-state index contributed by atoms with van der Waals surface area (Å²) in [5.41, 5.74) is 0.540. The summed E-state index contributed by atoms with van der Waals surface area (Å²) in [6.07, 6.45) is 0.756. The molecule has 1 saturated heterocycles. The van der Waals surface area contributed by atoms with Crippen LogP contribution < -0.4 is 0 Å². The van der Waals surface area contributed by atoms with Crippen molar-refractivity contribution in [1.29, 1.82) is 0 Å². The summed E-state index contributed by atoms with van der Waals surface area (Å²) >= 11 is 8.57. The highest BCUT2D eigenvalue weighted by atomic mass is 35.5. The van der Waals surface area contributed by atoms with Crippen LogP contribution in [0, 0.1) is 0 Å². The first kappa shape index (κ1) is 12.0. The standard InChI is InChI=1S/C11H9ClO2S2/c12-9-3-1-8(2-4-9)10(14)11(7-13)15-5-6-16-11/h1-4,7H,5-6H2. The molecule has 1 aliphatic heterocycles. The summed E-state index contributed by atoms with van der Waals surface area (Å²) in [5, 5.41) is 0.587. The lowest BCUT2D eigenvalue weighted by Crippen LogP contribution is -2.31. The smallest absolute Gasteiger partial charge is 0.196 e. The minimum absolute atomic E-state index is 0.133. The Morgan fingerprint density at radius 2 is 1.81 bits per heavy atom. The Balaban J connectivity index is 2.30. The Morgan fingerprint density at radius 3 is 2.31 bits per heavy atom. The average molecular weight is 273 g/mol. The van der Waals surface area contributed by atoms with Crippen molar-refractivity contribution >= 4 is 47.2 Å². The molecule has 2 nitrogen and oxygen atoms in total. The second kappa shape index (κ2) is 4.82. The van der Waals surface area contributed by atoms with Gasteiger partial charge in [-0.25, -0.2) is 0 Å². The zero-order valence-electron chi connectivity index (χ0n) is 8.31. The second-order valence-electron chi connectivity index (χ2n) is 3.32. The quantitative estimate of drug-likeness (QED) is 0.481. The van der Waals surface area contributed by atoms with Crippen LogP contribution in [0.5, 0.6) is 0 Å². The predicted octanol–water partition coefficient (Wildman–Crippen LogP) is 2.90. The van der Waals surface area contributed by atoms with E-state index in [1.165, 1.54) is 23.5 Å². The molecule has 1 heterocycles. The van der Waals surface area contributed by atoms with Gasteiger partial charge >= 0.3 is 0 Å². The van der Waals surface area contributed by atoms with Gasteiger partial charge in [0.2, 0.25) is 0 Å². The van der Waals surface area contributed by atoms with Crippen LogP contribution in [0.25, 0.3) is 0 Å². The number of thioether (sulfide) groups is 2. The van der Waals surface area contributed by atoms with Crippen molar-refractivity contribution < 1.29 is 9.59 Å². The number of hydrogen-bond acceptors (Lipinski definition) is 4. The molecule has 1 aliphatic rings. The molecule has 0 radical (unpaired) electrons. The number of carbonyl (C=O) groups is 2. The number of benzene rings is 1. The van der Waals surface area contributed by atoms with Gasteiger partial charge in [-0.05, 0) is 24.3 Å². The molecule has 0 saturated carbocycles. The first-order valence-corrected chi connectivity index (χ1v) is 7.07. The normalized spacial score (nSPS) is 18.3. The van der Waals surface area contributed by atoms with Gasteiger partial charge in [-0.3, -0.25) is 4.79 Å². The van der Waals surface area contributed by atoms with E-state index in [9.17, 15) is 9.59 Å². The molecule has 0 atom stereocenters. The molecule has 16 heavy (non-hydrogen) atoms. The molecule has 2 rings (SSSR count). The van der Waals surface area contributed by atoms with E-state index in [-0.39, 0.29) is 5.78 Å². The molecule has 0 amide bonds. The van der Waals surface area contributed by atoms with Crippen LogP contribution in [0.15, 0.2) is 24.3 Å². The zero-order valence-corrected chi connectivity index (χ0v) is 10.7. The Hall–Kier alpha value is -0.450. The van der Waals surface area contributed by atoms with Crippen LogP contribution in [-0.2, 0) is 4.79 Å². The number of ketones is 1. The van der Waals surface area contributed by atoms with E-state index in [0.717, 1.165) is 17.8 Å². The maximum Gasteiger partial charge on any atom is 0.196 e. The van der Waals surface area contributed by atoms with E-state index in [0.29, 0.717) is 10.6 Å². The minimum Gasteiger partial charge on any atom is -0.300 e. The SMILES string of the molecule is O=CC1(C(=O)c2ccc(Cl)cc2)SCCS1. The van der Waals surface area contributed by atoms with Crippen molar-refractivity contribution in [2.45, 2.75) is 4.08 Å². The highest BCUT2D eigenvalue weighted by molar-refractivity contribution is 8.23. The van der Waals surface area contributed by atoms with Gasteiger partial charge in [-0.15, -0.1) is 23.5 Å². The number of halogens is 1. The number of rotatable bonds is 3. The number of hydrogen-bond donors (Lipinski definition) is 0. The Kier molecular flexibility index (Phi) is 3.62. The van der Waals surface area contributed by atoms with Crippen molar-refractivity contribution in [3.8, 4) is 0 Å². The van der Waals surface area contributed by atoms with Crippen molar-refractivity contribution in [1.82, 2.24) is 0 Å². The highest BCUT2D eigenvalue weighted by Gasteiger charge is 2.43. The fraction of sp³-hybridized carbons (Fsp3) is 0.273. The third-order valence-corrected chi connectivity index (χ3v) is 5.75. The molecule has 0 spiro atoms. The molecule has 0 aromatic heterocycles. The molecule has 1 aromatic carbocycles. The molecular weight excluding hydrogens is 264 g/mol. The summed E-state index contributed by atoms with van der Waals surface area (Å²) < 4.78 is -0.937. The third kappa shape index (κ3) is 2.14. The van der Waals surface area contributed by atoms with Crippen molar-refractivity contribution in [3.05, 3.63) is 34.9 Å². The van der Waals surface area contributed by atoms with Gasteiger partial charge in [0.1, 0.15) is 0 Å². The van der Waals surface area contributed by atoms with Gasteiger partial charge in [0.05, 0.1) is 0 Å². The largest absolute Gasteiger partial charge is 0.300 e. The van der Waals surface area contributed by atoms with E-state index < -0.39 is 4.08 Å². The predicted molar refractivity (Wildman–Crippen MR) is 69.5 cm³/mol. The number of Topliss-reactive ketones (excluding diaryl/α,β-unsaturated/α-hetero) is 1. The van der Waals surface area contributed by atoms with E-state index >= 15 is 0 Å². The van der Waals surface area contributed by atoms with Gasteiger partial charge in [0.25, 0.3) is 0 Å². The van der Waals surface area contributed by atoms with Gasteiger partial charge in [0, 0.05) is 22.1 Å².